The molecule has 1 saturated heterocycles. The minimum atomic E-state index is -0.526. The van der Waals surface area contributed by atoms with E-state index in [0.29, 0.717) is 31.0 Å². The van der Waals surface area contributed by atoms with Crippen LogP contribution in [0.2, 0.25) is 0 Å². The second kappa shape index (κ2) is 6.65. The lowest BCUT2D eigenvalue weighted by atomic mass is 9.94. The Morgan fingerprint density at radius 1 is 1.48 bits per heavy atom. The first-order valence-electron chi connectivity index (χ1n) is 8.78. The zero-order chi connectivity index (χ0) is 18.2. The smallest absolute Gasteiger partial charge is 0.406 e. The lowest BCUT2D eigenvalue weighted by molar-refractivity contribution is -0.135. The second-order valence-electron chi connectivity index (χ2n) is 7.22. The molecule has 136 valence electrons. The topological polar surface area (TPSA) is 58.6 Å². The number of halogens is 1. The Bertz CT molecular complexity index is 693. The Balaban J connectivity index is 1.67. The maximum Gasteiger partial charge on any atom is 0.406 e. The van der Waals surface area contributed by atoms with E-state index in [0.717, 1.165) is 12.0 Å². The van der Waals surface area contributed by atoms with Gasteiger partial charge in [0.2, 0.25) is 5.91 Å². The van der Waals surface area contributed by atoms with E-state index >= 15 is 0 Å². The minimum absolute atomic E-state index is 0.0538. The Hall–Kier alpha value is -2.11. The molecule has 0 aromatic heterocycles. The van der Waals surface area contributed by atoms with Crippen molar-refractivity contribution in [1.82, 2.24) is 10.2 Å². The van der Waals surface area contributed by atoms with Gasteiger partial charge in [-0.05, 0) is 42.9 Å². The van der Waals surface area contributed by atoms with Crippen LogP contribution in [0, 0.1) is 24.6 Å². The van der Waals surface area contributed by atoms with Crippen LogP contribution in [-0.4, -0.2) is 43.6 Å². The van der Waals surface area contributed by atoms with Gasteiger partial charge in [-0.2, -0.15) is 0 Å². The van der Waals surface area contributed by atoms with Gasteiger partial charge >= 0.3 is 6.09 Å². The van der Waals surface area contributed by atoms with E-state index in [4.69, 9.17) is 0 Å². The predicted octanol–water partition coefficient (Wildman–Crippen LogP) is 2.62. The number of methoxy groups -OCH3 is 1. The number of carbonyl (C=O) groups excluding carboxylic acids is 2. The van der Waals surface area contributed by atoms with Crippen molar-refractivity contribution in [2.24, 2.45) is 11.8 Å². The number of fused-ring (bicyclic) bond motifs is 1. The SMILES string of the molecule is CCC(CNC(=O)OC)C(=O)N1CC2CC2(c2ccc(C)c(F)c2)C1. The third kappa shape index (κ3) is 3.22. The predicted molar refractivity (Wildman–Crippen MR) is 91.7 cm³/mol. The van der Waals surface area contributed by atoms with Crippen LogP contribution in [0.15, 0.2) is 18.2 Å². The highest BCUT2D eigenvalue weighted by Gasteiger charge is 2.61. The summed E-state index contributed by atoms with van der Waals surface area (Å²) in [5.41, 5.74) is 1.55. The molecule has 3 atom stereocenters. The Kier molecular flexibility index (Phi) is 4.71. The normalized spacial score (nSPS) is 25.3. The number of aryl methyl sites for hydroxylation is 1. The number of nitrogens with zero attached hydrogens (tertiary/aromatic N) is 1. The third-order valence-corrected chi connectivity index (χ3v) is 5.72. The number of amides is 2. The maximum atomic E-state index is 13.9. The maximum absolute atomic E-state index is 13.9. The summed E-state index contributed by atoms with van der Waals surface area (Å²) in [6.07, 6.45) is 1.13. The molecule has 1 aromatic rings. The van der Waals surface area contributed by atoms with E-state index in [9.17, 15) is 14.0 Å². The molecule has 1 N–H and O–H groups in total. The van der Waals surface area contributed by atoms with Gasteiger partial charge < -0.3 is 15.0 Å². The van der Waals surface area contributed by atoms with Crippen molar-refractivity contribution < 1.29 is 18.7 Å². The molecular weight excluding hydrogens is 323 g/mol. The van der Waals surface area contributed by atoms with Crippen molar-refractivity contribution in [1.29, 1.82) is 0 Å². The summed E-state index contributed by atoms with van der Waals surface area (Å²) in [5.74, 6) is 0.0158. The summed E-state index contributed by atoms with van der Waals surface area (Å²) in [4.78, 5) is 25.9. The van der Waals surface area contributed by atoms with E-state index < -0.39 is 6.09 Å². The average Bonchev–Trinajstić information content (AvgIpc) is 3.18. The number of carbonyl (C=O) groups is 2. The molecule has 2 fully saturated rings. The highest BCUT2D eigenvalue weighted by atomic mass is 19.1. The molecule has 2 aliphatic rings. The summed E-state index contributed by atoms with van der Waals surface area (Å²) in [5, 5.41) is 2.61. The summed E-state index contributed by atoms with van der Waals surface area (Å²) in [6.45, 7) is 5.31. The van der Waals surface area contributed by atoms with Crippen LogP contribution in [-0.2, 0) is 14.9 Å². The largest absolute Gasteiger partial charge is 0.453 e. The van der Waals surface area contributed by atoms with Crippen molar-refractivity contribution in [2.45, 2.75) is 32.1 Å². The molecule has 1 saturated carbocycles. The number of rotatable bonds is 5. The first kappa shape index (κ1) is 17.7. The van der Waals surface area contributed by atoms with Gasteiger partial charge in [-0.3, -0.25) is 4.79 Å². The van der Waals surface area contributed by atoms with Crippen LogP contribution >= 0.6 is 0 Å². The molecular formula is C19H25FN2O3. The second-order valence-corrected chi connectivity index (χ2v) is 7.22. The molecule has 3 unspecified atom stereocenters. The first-order valence-corrected chi connectivity index (χ1v) is 8.78. The number of alkyl carbamates (subject to hydrolysis) is 1. The monoisotopic (exact) mass is 348 g/mol. The number of ether oxygens (including phenoxy) is 1. The van der Waals surface area contributed by atoms with E-state index in [1.165, 1.54) is 7.11 Å². The Morgan fingerprint density at radius 2 is 2.24 bits per heavy atom. The van der Waals surface area contributed by atoms with Gasteiger partial charge in [-0.1, -0.05) is 19.1 Å². The number of hydrogen-bond donors (Lipinski definition) is 1. The van der Waals surface area contributed by atoms with Gasteiger partial charge in [-0.15, -0.1) is 0 Å². The molecule has 1 aliphatic heterocycles. The number of hydrogen-bond acceptors (Lipinski definition) is 3. The van der Waals surface area contributed by atoms with Gasteiger partial charge in [0.1, 0.15) is 5.82 Å². The zero-order valence-electron chi connectivity index (χ0n) is 15.0. The van der Waals surface area contributed by atoms with Crippen molar-refractivity contribution in [3.8, 4) is 0 Å². The minimum Gasteiger partial charge on any atom is -0.453 e. The zero-order valence-corrected chi connectivity index (χ0v) is 15.0. The molecule has 25 heavy (non-hydrogen) atoms. The number of nitrogens with one attached hydrogen (secondary N) is 1. The van der Waals surface area contributed by atoms with Gasteiger partial charge in [0.15, 0.2) is 0 Å². The quantitative estimate of drug-likeness (QED) is 0.890. The van der Waals surface area contributed by atoms with Gasteiger partial charge in [0, 0.05) is 25.0 Å². The molecule has 5 nitrogen and oxygen atoms in total. The van der Waals surface area contributed by atoms with Gasteiger partial charge in [0.25, 0.3) is 0 Å². The number of piperidine rings is 1. The molecule has 0 bridgehead atoms. The van der Waals surface area contributed by atoms with Crippen molar-refractivity contribution in [3.05, 3.63) is 35.1 Å². The lowest BCUT2D eigenvalue weighted by Gasteiger charge is -2.26. The number of benzene rings is 1. The van der Waals surface area contributed by atoms with E-state index in [-0.39, 0.29) is 29.6 Å². The summed E-state index contributed by atoms with van der Waals surface area (Å²) in [6, 6.07) is 5.43. The molecule has 3 rings (SSSR count). The fourth-order valence-electron chi connectivity index (χ4n) is 3.94. The van der Waals surface area contributed by atoms with Gasteiger partial charge in [-0.25, -0.2) is 9.18 Å². The summed E-state index contributed by atoms with van der Waals surface area (Å²) >= 11 is 0. The molecule has 0 radical (unpaired) electrons. The van der Waals surface area contributed by atoms with E-state index in [1.807, 2.05) is 24.0 Å². The van der Waals surface area contributed by atoms with Crippen LogP contribution in [0.5, 0.6) is 0 Å². The molecule has 0 spiro atoms. The van der Waals surface area contributed by atoms with E-state index in [1.54, 1.807) is 13.0 Å². The standard InChI is InChI=1S/C19H25FN2O3/c1-4-13(9-21-18(24)25-3)17(23)22-10-15-8-19(15,11-22)14-6-5-12(2)16(20)7-14/h5-7,13,15H,4,8-11H2,1-3H3,(H,21,24). The lowest BCUT2D eigenvalue weighted by Crippen LogP contribution is -2.42. The van der Waals surface area contributed by atoms with Crippen molar-refractivity contribution >= 4 is 12.0 Å². The van der Waals surface area contributed by atoms with Gasteiger partial charge in [0.05, 0.1) is 13.0 Å². The fourth-order valence-corrected chi connectivity index (χ4v) is 3.94. The molecule has 6 heteroatoms. The molecule has 1 aliphatic carbocycles. The fraction of sp³-hybridized carbons (Fsp3) is 0.579. The van der Waals surface area contributed by atoms with Crippen molar-refractivity contribution in [3.63, 3.8) is 0 Å². The highest BCUT2D eigenvalue weighted by molar-refractivity contribution is 5.80. The van der Waals surface area contributed by atoms with Crippen LogP contribution < -0.4 is 5.32 Å². The Labute approximate surface area is 147 Å². The molecule has 1 aromatic carbocycles. The molecule has 2 amide bonds. The van der Waals surface area contributed by atoms with Crippen molar-refractivity contribution in [2.75, 3.05) is 26.7 Å². The van der Waals surface area contributed by atoms with Crippen LogP contribution in [0.4, 0.5) is 9.18 Å². The number of likely N-dealkylation sites (tertiary alicyclic amines) is 1. The first-order chi connectivity index (χ1) is 11.9. The highest BCUT2D eigenvalue weighted by Crippen LogP contribution is 2.59. The Morgan fingerprint density at radius 3 is 2.88 bits per heavy atom. The van der Waals surface area contributed by atoms with Crippen LogP contribution in [0.3, 0.4) is 0 Å². The van der Waals surface area contributed by atoms with E-state index in [2.05, 4.69) is 10.1 Å². The molecule has 1 heterocycles. The summed E-state index contributed by atoms with van der Waals surface area (Å²) in [7, 11) is 1.30. The van der Waals surface area contributed by atoms with Crippen LogP contribution in [0.25, 0.3) is 0 Å². The third-order valence-electron chi connectivity index (χ3n) is 5.72. The summed E-state index contributed by atoms with van der Waals surface area (Å²) < 4.78 is 18.5. The van der Waals surface area contributed by atoms with Crippen LogP contribution in [0.1, 0.15) is 30.9 Å². The average molecular weight is 348 g/mol.